The molecule has 1 fully saturated rings. The van der Waals surface area contributed by atoms with Gasteiger partial charge >= 0.3 is 0 Å². The molecule has 132 valence electrons. The van der Waals surface area contributed by atoms with Crippen LogP contribution in [0.25, 0.3) is 0 Å². The number of nitrogens with zero attached hydrogens (tertiary/aromatic N) is 1. The first-order chi connectivity index (χ1) is 11.6. The Balaban J connectivity index is 2.10. The van der Waals surface area contributed by atoms with Crippen molar-refractivity contribution in [3.05, 3.63) is 23.8 Å². The molecule has 2 amide bonds. The van der Waals surface area contributed by atoms with Crippen LogP contribution >= 0.6 is 0 Å². The van der Waals surface area contributed by atoms with Gasteiger partial charge in [-0.1, -0.05) is 0 Å². The van der Waals surface area contributed by atoms with Gasteiger partial charge in [-0.25, -0.2) is 0 Å². The predicted molar refractivity (Wildman–Crippen MR) is 90.2 cm³/mol. The molecule has 0 spiro atoms. The number of nitrogens with one attached hydrogen (secondary N) is 1. The third-order valence-electron chi connectivity index (χ3n) is 4.16. The number of hydrogen-bond donors (Lipinski definition) is 2. The Kier molecular flexibility index (Phi) is 6.43. The summed E-state index contributed by atoms with van der Waals surface area (Å²) in [4.78, 5) is 26.6. The molecule has 0 radical (unpaired) electrons. The number of amides is 2. The van der Waals surface area contributed by atoms with E-state index in [4.69, 9.17) is 15.2 Å². The molecule has 0 bridgehead atoms. The first kappa shape index (κ1) is 18.1. The Morgan fingerprint density at radius 3 is 2.79 bits per heavy atom. The average Bonchev–Trinajstić information content (AvgIpc) is 2.64. The van der Waals surface area contributed by atoms with Gasteiger partial charge in [0.05, 0.1) is 25.7 Å². The number of methoxy groups -OCH3 is 2. The lowest BCUT2D eigenvalue weighted by atomic mass is 9.96. The Bertz CT molecular complexity index is 591. The smallest absolute Gasteiger partial charge is 0.257 e. The van der Waals surface area contributed by atoms with E-state index in [2.05, 4.69) is 5.32 Å². The van der Waals surface area contributed by atoms with Crippen LogP contribution in [0.5, 0.6) is 11.5 Å². The molecule has 0 saturated carbocycles. The average molecular weight is 335 g/mol. The Morgan fingerprint density at radius 2 is 2.12 bits per heavy atom. The van der Waals surface area contributed by atoms with E-state index in [9.17, 15) is 9.59 Å². The van der Waals surface area contributed by atoms with Crippen molar-refractivity contribution in [2.75, 3.05) is 40.4 Å². The first-order valence-corrected chi connectivity index (χ1v) is 8.09. The molecule has 1 aromatic carbocycles. The lowest BCUT2D eigenvalue weighted by Crippen LogP contribution is -2.46. The molecule has 0 aromatic heterocycles. The fraction of sp³-hybridized carbons (Fsp3) is 0.529. The number of benzene rings is 1. The maximum Gasteiger partial charge on any atom is 0.257 e. The van der Waals surface area contributed by atoms with Crippen molar-refractivity contribution in [3.63, 3.8) is 0 Å². The fourth-order valence-electron chi connectivity index (χ4n) is 2.86. The van der Waals surface area contributed by atoms with Crippen LogP contribution in [0.2, 0.25) is 0 Å². The molecule has 1 atom stereocenters. The molecule has 1 aliphatic rings. The zero-order chi connectivity index (χ0) is 17.5. The van der Waals surface area contributed by atoms with Crippen molar-refractivity contribution in [3.8, 4) is 11.5 Å². The molecule has 1 saturated heterocycles. The molecule has 1 heterocycles. The number of rotatable bonds is 6. The summed E-state index contributed by atoms with van der Waals surface area (Å²) in [6.07, 6.45) is 1.57. The van der Waals surface area contributed by atoms with Crippen molar-refractivity contribution in [1.82, 2.24) is 10.2 Å². The highest BCUT2D eigenvalue weighted by Gasteiger charge is 2.29. The van der Waals surface area contributed by atoms with E-state index in [1.165, 1.54) is 7.11 Å². The SMILES string of the molecule is COc1ccc(C(=O)N2CCCC(C(=O)NCCN)C2)c(OC)c1. The number of carbonyl (C=O) groups excluding carboxylic acids is 2. The van der Waals surface area contributed by atoms with E-state index in [-0.39, 0.29) is 17.7 Å². The van der Waals surface area contributed by atoms with Gasteiger partial charge < -0.3 is 25.4 Å². The van der Waals surface area contributed by atoms with Crippen LogP contribution in [-0.2, 0) is 4.79 Å². The van der Waals surface area contributed by atoms with Crippen LogP contribution in [0, 0.1) is 5.92 Å². The van der Waals surface area contributed by atoms with Gasteiger partial charge in [-0.15, -0.1) is 0 Å². The second kappa shape index (κ2) is 8.54. The van der Waals surface area contributed by atoms with E-state index in [1.54, 1.807) is 30.2 Å². The van der Waals surface area contributed by atoms with Crippen LogP contribution in [0.15, 0.2) is 18.2 Å². The van der Waals surface area contributed by atoms with Gasteiger partial charge in [-0.3, -0.25) is 9.59 Å². The van der Waals surface area contributed by atoms with Crippen molar-refractivity contribution in [2.45, 2.75) is 12.8 Å². The predicted octanol–water partition coefficient (Wildman–Crippen LogP) is 0.631. The molecule has 1 aromatic rings. The molecular formula is C17H25N3O4. The number of ether oxygens (including phenoxy) is 2. The largest absolute Gasteiger partial charge is 0.497 e. The second-order valence-corrected chi connectivity index (χ2v) is 5.74. The van der Waals surface area contributed by atoms with Gasteiger partial charge in [-0.2, -0.15) is 0 Å². The molecule has 7 heteroatoms. The summed E-state index contributed by atoms with van der Waals surface area (Å²) < 4.78 is 10.5. The summed E-state index contributed by atoms with van der Waals surface area (Å²) in [5.74, 6) is 0.721. The highest BCUT2D eigenvalue weighted by Crippen LogP contribution is 2.27. The normalized spacial score (nSPS) is 17.3. The summed E-state index contributed by atoms with van der Waals surface area (Å²) in [5.41, 5.74) is 5.88. The van der Waals surface area contributed by atoms with Crippen molar-refractivity contribution < 1.29 is 19.1 Å². The van der Waals surface area contributed by atoms with Gasteiger partial charge in [0.1, 0.15) is 11.5 Å². The monoisotopic (exact) mass is 335 g/mol. The van der Waals surface area contributed by atoms with Crippen molar-refractivity contribution >= 4 is 11.8 Å². The highest BCUT2D eigenvalue weighted by atomic mass is 16.5. The van der Waals surface area contributed by atoms with Crippen LogP contribution < -0.4 is 20.5 Å². The lowest BCUT2D eigenvalue weighted by Gasteiger charge is -2.32. The fourth-order valence-corrected chi connectivity index (χ4v) is 2.86. The molecule has 24 heavy (non-hydrogen) atoms. The quantitative estimate of drug-likeness (QED) is 0.795. The molecule has 2 rings (SSSR count). The Morgan fingerprint density at radius 1 is 1.33 bits per heavy atom. The third kappa shape index (κ3) is 4.17. The second-order valence-electron chi connectivity index (χ2n) is 5.74. The summed E-state index contributed by atoms with van der Waals surface area (Å²) >= 11 is 0. The minimum Gasteiger partial charge on any atom is -0.497 e. The van der Waals surface area contributed by atoms with Gasteiger partial charge in [0.2, 0.25) is 5.91 Å². The van der Waals surface area contributed by atoms with Gasteiger partial charge in [0.15, 0.2) is 0 Å². The van der Waals surface area contributed by atoms with Crippen molar-refractivity contribution in [1.29, 1.82) is 0 Å². The molecule has 3 N–H and O–H groups in total. The summed E-state index contributed by atoms with van der Waals surface area (Å²) in [7, 11) is 3.08. The van der Waals surface area contributed by atoms with Crippen molar-refractivity contribution in [2.24, 2.45) is 11.7 Å². The van der Waals surface area contributed by atoms with Gasteiger partial charge in [0.25, 0.3) is 5.91 Å². The topological polar surface area (TPSA) is 93.9 Å². The number of nitrogens with two attached hydrogens (primary N) is 1. The van der Waals surface area contributed by atoms with E-state index in [0.717, 1.165) is 12.8 Å². The summed E-state index contributed by atoms with van der Waals surface area (Å²) in [5, 5.41) is 2.80. The van der Waals surface area contributed by atoms with E-state index >= 15 is 0 Å². The minimum atomic E-state index is -0.196. The maximum absolute atomic E-state index is 12.8. The first-order valence-electron chi connectivity index (χ1n) is 8.09. The zero-order valence-corrected chi connectivity index (χ0v) is 14.2. The standard InChI is InChI=1S/C17H25N3O4/c1-23-13-5-6-14(15(10-13)24-2)17(22)20-9-3-4-12(11-20)16(21)19-8-7-18/h5-6,10,12H,3-4,7-9,11,18H2,1-2H3,(H,19,21). The molecule has 7 nitrogen and oxygen atoms in total. The molecule has 1 unspecified atom stereocenters. The summed E-state index contributed by atoms with van der Waals surface area (Å²) in [6.45, 7) is 1.90. The van der Waals surface area contributed by atoms with Crippen LogP contribution in [0.4, 0.5) is 0 Å². The van der Waals surface area contributed by atoms with E-state index < -0.39 is 0 Å². The van der Waals surface area contributed by atoms with E-state index in [1.807, 2.05) is 0 Å². The maximum atomic E-state index is 12.8. The molecule has 1 aliphatic heterocycles. The van der Waals surface area contributed by atoms with Gasteiger partial charge in [0, 0.05) is 32.2 Å². The summed E-state index contributed by atoms with van der Waals surface area (Å²) in [6, 6.07) is 5.10. The number of carbonyl (C=O) groups is 2. The van der Waals surface area contributed by atoms with Gasteiger partial charge in [-0.05, 0) is 25.0 Å². The lowest BCUT2D eigenvalue weighted by molar-refractivity contribution is -0.126. The highest BCUT2D eigenvalue weighted by molar-refractivity contribution is 5.97. The zero-order valence-electron chi connectivity index (χ0n) is 14.2. The molecule has 0 aliphatic carbocycles. The number of hydrogen-bond acceptors (Lipinski definition) is 5. The van der Waals surface area contributed by atoms with Crippen LogP contribution in [0.1, 0.15) is 23.2 Å². The Labute approximate surface area is 142 Å². The third-order valence-corrected chi connectivity index (χ3v) is 4.16. The van der Waals surface area contributed by atoms with Crippen LogP contribution in [-0.4, -0.2) is 57.1 Å². The number of piperidine rings is 1. The molecular weight excluding hydrogens is 310 g/mol. The van der Waals surface area contributed by atoms with E-state index in [0.29, 0.717) is 43.2 Å². The Hall–Kier alpha value is -2.28. The number of likely N-dealkylation sites (tertiary alicyclic amines) is 1. The minimum absolute atomic E-state index is 0.0420. The van der Waals surface area contributed by atoms with Crippen LogP contribution in [0.3, 0.4) is 0 Å².